The standard InChI is InChI=1S/C24H38N2O2/c1-18(27)25-14-8-20(9-15-25)23(2,3)12-13-24(4,5)21-10-16-26(17-11-21)22(28)19-6-7-19/h8,10,19H,6-7,9,11-17H2,1-5H3. The summed E-state index contributed by atoms with van der Waals surface area (Å²) in [6.07, 6.45) is 11.1. The lowest BCUT2D eigenvalue weighted by atomic mass is 9.70. The highest BCUT2D eigenvalue weighted by Crippen LogP contribution is 2.43. The Morgan fingerprint density at radius 3 is 1.71 bits per heavy atom. The van der Waals surface area contributed by atoms with Crippen molar-refractivity contribution in [2.45, 2.75) is 73.1 Å². The van der Waals surface area contributed by atoms with Gasteiger partial charge in [0, 0.05) is 39.0 Å². The number of carbonyl (C=O) groups excluding carboxylic acids is 2. The molecule has 4 nitrogen and oxygen atoms in total. The summed E-state index contributed by atoms with van der Waals surface area (Å²) in [7, 11) is 0. The van der Waals surface area contributed by atoms with Crippen molar-refractivity contribution in [3.05, 3.63) is 23.3 Å². The monoisotopic (exact) mass is 386 g/mol. The predicted octanol–water partition coefficient (Wildman–Crippen LogP) is 4.57. The van der Waals surface area contributed by atoms with Crippen LogP contribution in [0.5, 0.6) is 0 Å². The Balaban J connectivity index is 1.55. The zero-order valence-electron chi connectivity index (χ0n) is 18.5. The number of hydrogen-bond donors (Lipinski definition) is 0. The van der Waals surface area contributed by atoms with Gasteiger partial charge in [0.15, 0.2) is 0 Å². The lowest BCUT2D eigenvalue weighted by Gasteiger charge is -2.39. The third-order valence-electron chi connectivity index (χ3n) is 7.22. The molecular formula is C24H38N2O2. The smallest absolute Gasteiger partial charge is 0.225 e. The van der Waals surface area contributed by atoms with E-state index in [0.29, 0.717) is 11.8 Å². The molecule has 0 saturated heterocycles. The van der Waals surface area contributed by atoms with Crippen molar-refractivity contribution in [3.63, 3.8) is 0 Å². The molecule has 0 unspecified atom stereocenters. The van der Waals surface area contributed by atoms with Crippen LogP contribution in [0.3, 0.4) is 0 Å². The molecule has 1 fully saturated rings. The van der Waals surface area contributed by atoms with Crippen molar-refractivity contribution < 1.29 is 9.59 Å². The van der Waals surface area contributed by atoms with Gasteiger partial charge in [-0.1, -0.05) is 51.0 Å². The second-order valence-corrected chi connectivity index (χ2v) is 10.3. The first-order chi connectivity index (χ1) is 13.1. The topological polar surface area (TPSA) is 40.6 Å². The third kappa shape index (κ3) is 4.87. The van der Waals surface area contributed by atoms with E-state index < -0.39 is 0 Å². The van der Waals surface area contributed by atoms with E-state index in [9.17, 15) is 9.59 Å². The maximum absolute atomic E-state index is 12.3. The van der Waals surface area contributed by atoms with E-state index in [1.165, 1.54) is 11.1 Å². The lowest BCUT2D eigenvalue weighted by molar-refractivity contribution is -0.132. The van der Waals surface area contributed by atoms with Gasteiger partial charge in [-0.3, -0.25) is 9.59 Å². The molecule has 28 heavy (non-hydrogen) atoms. The second kappa shape index (κ2) is 8.04. The lowest BCUT2D eigenvalue weighted by Crippen LogP contribution is -2.38. The minimum atomic E-state index is 0.170. The molecule has 0 spiro atoms. The van der Waals surface area contributed by atoms with Crippen LogP contribution in [0, 0.1) is 16.7 Å². The molecule has 0 radical (unpaired) electrons. The van der Waals surface area contributed by atoms with Gasteiger partial charge in [0.05, 0.1) is 0 Å². The molecule has 0 N–H and O–H groups in total. The van der Waals surface area contributed by atoms with Crippen LogP contribution in [0.25, 0.3) is 0 Å². The molecular weight excluding hydrogens is 348 g/mol. The number of amides is 2. The fraction of sp³-hybridized carbons (Fsp3) is 0.750. The molecule has 2 aliphatic heterocycles. The van der Waals surface area contributed by atoms with Gasteiger partial charge in [0.25, 0.3) is 0 Å². The molecule has 1 saturated carbocycles. The van der Waals surface area contributed by atoms with Crippen molar-refractivity contribution in [1.29, 1.82) is 0 Å². The minimum Gasteiger partial charge on any atom is -0.339 e. The Kier molecular flexibility index (Phi) is 6.07. The van der Waals surface area contributed by atoms with Gasteiger partial charge < -0.3 is 9.80 Å². The maximum Gasteiger partial charge on any atom is 0.225 e. The van der Waals surface area contributed by atoms with E-state index in [1.807, 2.05) is 4.90 Å². The predicted molar refractivity (Wildman–Crippen MR) is 114 cm³/mol. The van der Waals surface area contributed by atoms with Gasteiger partial charge in [0.2, 0.25) is 11.8 Å². The Labute approximate surface area is 171 Å². The quantitative estimate of drug-likeness (QED) is 0.628. The van der Waals surface area contributed by atoms with E-state index in [0.717, 1.165) is 64.7 Å². The van der Waals surface area contributed by atoms with Gasteiger partial charge in [0.1, 0.15) is 0 Å². The van der Waals surface area contributed by atoms with E-state index >= 15 is 0 Å². The zero-order valence-corrected chi connectivity index (χ0v) is 18.5. The molecule has 0 bridgehead atoms. The molecule has 156 valence electrons. The second-order valence-electron chi connectivity index (χ2n) is 10.3. The highest BCUT2D eigenvalue weighted by atomic mass is 16.2. The summed E-state index contributed by atoms with van der Waals surface area (Å²) >= 11 is 0. The highest BCUT2D eigenvalue weighted by Gasteiger charge is 2.36. The molecule has 1 aliphatic carbocycles. The largest absolute Gasteiger partial charge is 0.339 e. The van der Waals surface area contributed by atoms with Crippen LogP contribution < -0.4 is 0 Å². The van der Waals surface area contributed by atoms with Crippen LogP contribution in [0.1, 0.15) is 73.1 Å². The Hall–Kier alpha value is -1.58. The van der Waals surface area contributed by atoms with Gasteiger partial charge >= 0.3 is 0 Å². The molecule has 2 heterocycles. The Morgan fingerprint density at radius 1 is 0.893 bits per heavy atom. The highest BCUT2D eigenvalue weighted by molar-refractivity contribution is 5.81. The van der Waals surface area contributed by atoms with E-state index in [-0.39, 0.29) is 16.7 Å². The van der Waals surface area contributed by atoms with Gasteiger partial charge in [-0.05, 0) is 49.4 Å². The number of rotatable bonds is 6. The number of carbonyl (C=O) groups is 2. The van der Waals surface area contributed by atoms with Crippen LogP contribution in [0.2, 0.25) is 0 Å². The molecule has 0 aromatic heterocycles. The van der Waals surface area contributed by atoms with E-state index in [4.69, 9.17) is 0 Å². The average Bonchev–Trinajstić information content (AvgIpc) is 3.51. The Morgan fingerprint density at radius 2 is 1.36 bits per heavy atom. The van der Waals surface area contributed by atoms with Crippen molar-refractivity contribution >= 4 is 11.8 Å². The minimum absolute atomic E-state index is 0.170. The van der Waals surface area contributed by atoms with Crippen LogP contribution in [-0.2, 0) is 9.59 Å². The molecule has 0 atom stereocenters. The molecule has 0 aromatic rings. The normalized spacial score (nSPS) is 21.3. The van der Waals surface area contributed by atoms with Crippen molar-refractivity contribution in [3.8, 4) is 0 Å². The summed E-state index contributed by atoms with van der Waals surface area (Å²) in [6.45, 7) is 14.4. The molecule has 3 aliphatic rings. The van der Waals surface area contributed by atoms with Crippen LogP contribution in [0.4, 0.5) is 0 Å². The number of nitrogens with zero attached hydrogens (tertiary/aromatic N) is 2. The third-order valence-corrected chi connectivity index (χ3v) is 7.22. The van der Waals surface area contributed by atoms with E-state index in [1.54, 1.807) is 6.92 Å². The van der Waals surface area contributed by atoms with E-state index in [2.05, 4.69) is 44.7 Å². The average molecular weight is 387 g/mol. The van der Waals surface area contributed by atoms with Crippen LogP contribution in [-0.4, -0.2) is 47.8 Å². The first-order valence-electron chi connectivity index (χ1n) is 11.0. The summed E-state index contributed by atoms with van der Waals surface area (Å²) in [5.41, 5.74) is 3.36. The first kappa shape index (κ1) is 21.1. The summed E-state index contributed by atoms with van der Waals surface area (Å²) in [5.74, 6) is 0.872. The molecule has 0 aromatic carbocycles. The first-order valence-corrected chi connectivity index (χ1v) is 11.0. The zero-order chi connectivity index (χ0) is 20.5. The Bertz CT molecular complexity index is 683. The van der Waals surface area contributed by atoms with Crippen LogP contribution in [0.15, 0.2) is 23.3 Å². The van der Waals surface area contributed by atoms with Gasteiger partial charge in [-0.25, -0.2) is 0 Å². The van der Waals surface area contributed by atoms with Crippen molar-refractivity contribution in [2.24, 2.45) is 16.7 Å². The van der Waals surface area contributed by atoms with Gasteiger partial charge in [-0.15, -0.1) is 0 Å². The van der Waals surface area contributed by atoms with Crippen molar-refractivity contribution in [1.82, 2.24) is 9.80 Å². The van der Waals surface area contributed by atoms with Crippen molar-refractivity contribution in [2.75, 3.05) is 26.2 Å². The SMILES string of the molecule is CC(=O)N1CC=C(C(C)(C)CCC(C)(C)C2=CCN(C(=O)C3CC3)CC2)CC1. The number of hydrogen-bond acceptors (Lipinski definition) is 2. The van der Waals surface area contributed by atoms with Crippen LogP contribution >= 0.6 is 0 Å². The summed E-state index contributed by atoms with van der Waals surface area (Å²) in [5, 5.41) is 0. The molecule has 3 rings (SSSR count). The summed E-state index contributed by atoms with van der Waals surface area (Å²) in [4.78, 5) is 27.8. The van der Waals surface area contributed by atoms with Gasteiger partial charge in [-0.2, -0.15) is 0 Å². The maximum atomic E-state index is 12.3. The molecule has 4 heteroatoms. The fourth-order valence-electron chi connectivity index (χ4n) is 4.59. The molecule has 2 amide bonds. The summed E-state index contributed by atoms with van der Waals surface area (Å²) < 4.78 is 0. The summed E-state index contributed by atoms with van der Waals surface area (Å²) in [6, 6.07) is 0. The fourth-order valence-corrected chi connectivity index (χ4v) is 4.59.